The van der Waals surface area contributed by atoms with Gasteiger partial charge in [0.15, 0.2) is 0 Å². The Kier molecular flexibility index (Phi) is 40.9. The molecule has 566 valence electrons. The van der Waals surface area contributed by atoms with E-state index in [0.29, 0.717) is 34.8 Å². The number of aromatic nitrogens is 5. The maximum Gasteiger partial charge on any atom is 0.308 e. The van der Waals surface area contributed by atoms with Crippen molar-refractivity contribution in [2.45, 2.75) is 113 Å². The van der Waals surface area contributed by atoms with Crippen LogP contribution in [0.4, 0.5) is 0 Å². The van der Waals surface area contributed by atoms with Crippen molar-refractivity contribution in [2.75, 3.05) is 129 Å². The van der Waals surface area contributed by atoms with Crippen LogP contribution in [0.25, 0.3) is 54.5 Å². The van der Waals surface area contributed by atoms with Crippen molar-refractivity contribution >= 4 is 72.4 Å². The van der Waals surface area contributed by atoms with Gasteiger partial charge in [0, 0.05) is 138 Å². The van der Waals surface area contributed by atoms with Crippen LogP contribution in [0.15, 0.2) is 122 Å². The zero-order valence-corrected chi connectivity index (χ0v) is 74.7. The molecule has 5 aromatic carbocycles. The average Bonchev–Trinajstić information content (AvgIpc) is 1.70. The summed E-state index contributed by atoms with van der Waals surface area (Å²) in [5.74, 6) is 1.85. The Bertz CT molecular complexity index is 4180. The third-order valence-corrected chi connectivity index (χ3v) is 19.2. The van der Waals surface area contributed by atoms with E-state index in [1.807, 2.05) is 110 Å². The minimum absolute atomic E-state index is 0. The molecule has 7 N–H and O–H groups in total. The van der Waals surface area contributed by atoms with Gasteiger partial charge in [-0.3, -0.25) is 14.4 Å². The zero-order chi connectivity index (χ0) is 71.5. The lowest BCUT2D eigenvalue weighted by Gasteiger charge is -2.34. The fraction of sp³-hybridized carbons (Fsp3) is 0.456. The molecule has 0 aliphatic heterocycles. The van der Waals surface area contributed by atoms with E-state index in [9.17, 15) is 24.6 Å². The lowest BCUT2D eigenvalue weighted by molar-refractivity contribution is -0.910. The van der Waals surface area contributed by atoms with Crippen molar-refractivity contribution in [3.8, 4) is 28.7 Å². The molecule has 0 bridgehead atoms. The molecule has 0 unspecified atom stereocenters. The molecule has 0 atom stereocenters. The summed E-state index contributed by atoms with van der Waals surface area (Å²) in [5.41, 5.74) is 11.1. The predicted molar refractivity (Wildman–Crippen MR) is 399 cm³/mol. The summed E-state index contributed by atoms with van der Waals surface area (Å²) in [6, 6.07) is 29.1. The first-order valence-electron chi connectivity index (χ1n) is 34.7. The summed E-state index contributed by atoms with van der Waals surface area (Å²) in [4.78, 5) is 50.0. The highest BCUT2D eigenvalue weighted by Gasteiger charge is 2.23. The summed E-state index contributed by atoms with van der Waals surface area (Å²) in [6.07, 6.45) is 17.3. The minimum atomic E-state index is -0.284. The molecule has 0 saturated heterocycles. The lowest BCUT2D eigenvalue weighted by Crippen LogP contribution is -3.00. The molecule has 0 amide bonds. The number of halogens is 5. The number of hydrogen-bond acceptors (Lipinski definition) is 8. The van der Waals surface area contributed by atoms with Crippen molar-refractivity contribution in [3.05, 3.63) is 150 Å². The number of nitrogens with one attached hydrogen (secondary N) is 5. The molecule has 0 saturated carbocycles. The number of ether oxygens (including phenoxy) is 3. The fourth-order valence-electron chi connectivity index (χ4n) is 11.9. The normalized spacial score (nSPS) is 11.4. The monoisotopic (exact) mass is 1970 g/mol. The van der Waals surface area contributed by atoms with E-state index in [1.54, 1.807) is 12.1 Å². The van der Waals surface area contributed by atoms with Gasteiger partial charge < -0.3 is 192 Å². The molecular formula is C79H117I5N10O8. The molecule has 0 radical (unpaired) electrons. The van der Waals surface area contributed by atoms with Crippen molar-refractivity contribution in [1.29, 1.82) is 0 Å². The van der Waals surface area contributed by atoms with E-state index in [0.717, 1.165) is 155 Å². The Morgan fingerprint density at radius 3 is 0.833 bits per heavy atom. The SMILES string of the molecule is CC(=O)Oc1cccc2[nH]cc(CC[N+](C)(C)C(C)C)c12.CCC[N+](C)(C)CCc1c[nH]c2cccc(O)c12.CCC[N+](C)(C)CCc1c[nH]c2cccc(OC(C)=O)c12.CC[N+](C)(C)CCc1c[nH]c2cccc(O)c12.CC[N+](C)(C)CCc1c[nH]c2cccc(OC(C)=O)c12.[I-].[I-].[I-].[I-].[I-]. The first-order chi connectivity index (χ1) is 45.7. The van der Waals surface area contributed by atoms with Crippen LogP contribution in [-0.2, 0) is 46.5 Å². The van der Waals surface area contributed by atoms with Gasteiger partial charge in [-0.1, -0.05) is 44.2 Å². The zero-order valence-electron chi connectivity index (χ0n) is 63.9. The summed E-state index contributed by atoms with van der Waals surface area (Å²) < 4.78 is 21.0. The number of quaternary nitrogens is 5. The molecule has 102 heavy (non-hydrogen) atoms. The quantitative estimate of drug-likeness (QED) is 0.0171. The van der Waals surface area contributed by atoms with Crippen LogP contribution in [-0.4, -0.2) is 211 Å². The molecule has 18 nitrogen and oxygen atoms in total. The third-order valence-electron chi connectivity index (χ3n) is 19.2. The Balaban J connectivity index is 0.000000631. The van der Waals surface area contributed by atoms with Gasteiger partial charge in [0.1, 0.15) is 28.7 Å². The van der Waals surface area contributed by atoms with Crippen molar-refractivity contribution in [1.82, 2.24) is 24.9 Å². The third kappa shape index (κ3) is 28.5. The standard InChI is InChI=1S/2C17H25N2O2.C16H23N2O2.C15H22N2O.C14H20N2O.5HI/c1-12(2)19(4,5)10-9-14-11-18-15-7-6-8-16(17(14)15)21-13(3)20;1-5-10-19(3,4)11-9-14-12-18-15-7-6-8-16(17(14)15)21-13(2)20;1-5-18(3,4)10-9-13-11-17-14-7-6-8-15(16(13)14)20-12(2)19;1-4-9-17(2,3)10-8-12-11-16-13-6-5-7-14(18)15(12)13;1-4-16(2,3)9-8-11-10-15-12-6-5-7-13(17)14(11)12;;;;;/h6-8,11-12,18H,9-10H2,1-5H3;6-8,12,18H,5,9-11H2,1-4H3;6-8,11,17H,5,9-10H2,1-4H3;5-7,11,16H,4,8-10H2,1-3H3;5-7,10,15H,4,8-9H2,1-3H3;5*1H/q3*+1;;;;;;;/p-3. The highest BCUT2D eigenvalue weighted by molar-refractivity contribution is 5.94. The Morgan fingerprint density at radius 2 is 0.588 bits per heavy atom. The average molecular weight is 1970 g/mol. The second-order valence-electron chi connectivity index (χ2n) is 29.3. The number of hydrogen-bond donors (Lipinski definition) is 7. The van der Waals surface area contributed by atoms with Crippen LogP contribution in [0.1, 0.15) is 103 Å². The summed E-state index contributed by atoms with van der Waals surface area (Å²) in [7, 11) is 22.4. The van der Waals surface area contributed by atoms with Gasteiger partial charge in [-0.2, -0.15) is 0 Å². The Labute approximate surface area is 692 Å². The number of likely N-dealkylation sites (N-methyl/N-ethyl adjacent to an activating group) is 5. The van der Waals surface area contributed by atoms with Gasteiger partial charge in [-0.25, -0.2) is 0 Å². The predicted octanol–water partition coefficient (Wildman–Crippen LogP) is -0.591. The molecular weight excluding hydrogens is 1850 g/mol. The van der Waals surface area contributed by atoms with Crippen LogP contribution in [0, 0.1) is 0 Å². The molecule has 0 fully saturated rings. The maximum absolute atomic E-state index is 11.3. The molecule has 5 heterocycles. The Morgan fingerprint density at radius 1 is 0.353 bits per heavy atom. The van der Waals surface area contributed by atoms with E-state index in [1.165, 1.54) is 74.5 Å². The number of carbonyl (C=O) groups excluding carboxylic acids is 3. The van der Waals surface area contributed by atoms with Crippen molar-refractivity contribution in [2.24, 2.45) is 0 Å². The second kappa shape index (κ2) is 43.8. The van der Waals surface area contributed by atoms with Crippen LogP contribution in [0.2, 0.25) is 0 Å². The molecule has 10 aromatic rings. The Hall–Kier alpha value is -4.74. The van der Waals surface area contributed by atoms with E-state index >= 15 is 0 Å². The number of H-pyrrole nitrogens is 5. The number of nitrogens with zero attached hydrogens (tertiary/aromatic N) is 5. The van der Waals surface area contributed by atoms with Crippen molar-refractivity contribution in [3.63, 3.8) is 0 Å². The number of phenolic OH excluding ortho intramolecular Hbond substituents is 2. The number of carbonyl (C=O) groups is 3. The molecule has 0 spiro atoms. The van der Waals surface area contributed by atoms with Gasteiger partial charge in [0.2, 0.25) is 0 Å². The first kappa shape index (κ1) is 95.3. The molecule has 0 aliphatic carbocycles. The number of fused-ring (bicyclic) bond motifs is 5. The van der Waals surface area contributed by atoms with E-state index in [2.05, 4.69) is 137 Å². The van der Waals surface area contributed by atoms with E-state index < -0.39 is 0 Å². The lowest BCUT2D eigenvalue weighted by atomic mass is 10.1. The number of esters is 3. The number of aromatic hydroxyl groups is 2. The first-order valence-corrected chi connectivity index (χ1v) is 34.7. The van der Waals surface area contributed by atoms with Crippen LogP contribution in [0.5, 0.6) is 28.7 Å². The smallest absolute Gasteiger partial charge is 0.308 e. The number of benzene rings is 5. The van der Waals surface area contributed by atoms with Crippen LogP contribution < -0.4 is 134 Å². The van der Waals surface area contributed by atoms with Crippen LogP contribution in [0.3, 0.4) is 0 Å². The van der Waals surface area contributed by atoms with Gasteiger partial charge in [0.05, 0.1) is 135 Å². The van der Waals surface area contributed by atoms with Gasteiger partial charge >= 0.3 is 17.9 Å². The number of phenols is 2. The number of rotatable bonds is 25. The van der Waals surface area contributed by atoms with Crippen molar-refractivity contribution < 1.29 is 181 Å². The van der Waals surface area contributed by atoms with Gasteiger partial charge in [-0.15, -0.1) is 0 Å². The molecule has 23 heteroatoms. The van der Waals surface area contributed by atoms with Gasteiger partial charge in [0.25, 0.3) is 0 Å². The largest absolute Gasteiger partial charge is 1.00 e. The molecule has 10 rings (SSSR count). The topological polar surface area (TPSA) is 198 Å². The fourth-order valence-corrected chi connectivity index (χ4v) is 11.9. The molecule has 5 aromatic heterocycles. The summed E-state index contributed by atoms with van der Waals surface area (Å²) in [6.45, 7) is 27.5. The summed E-state index contributed by atoms with van der Waals surface area (Å²) >= 11 is 0. The highest BCUT2D eigenvalue weighted by Crippen LogP contribution is 2.34. The molecule has 0 aliphatic rings. The minimum Gasteiger partial charge on any atom is -1.00 e. The second-order valence-corrected chi connectivity index (χ2v) is 29.3. The van der Waals surface area contributed by atoms with Crippen LogP contribution >= 0.6 is 0 Å². The van der Waals surface area contributed by atoms with E-state index in [-0.39, 0.29) is 138 Å². The van der Waals surface area contributed by atoms with Gasteiger partial charge in [-0.05, 0) is 129 Å². The highest BCUT2D eigenvalue weighted by atomic mass is 127. The maximum atomic E-state index is 11.3. The number of aromatic amines is 5. The summed E-state index contributed by atoms with van der Waals surface area (Å²) in [5, 5.41) is 24.9. The van der Waals surface area contributed by atoms with E-state index in [4.69, 9.17) is 14.2 Å².